The van der Waals surface area contributed by atoms with Crippen molar-refractivity contribution in [2.24, 2.45) is 11.7 Å². The maximum absolute atomic E-state index is 12.9. The molecule has 2 unspecified atom stereocenters. The first kappa shape index (κ1) is 27.3. The van der Waals surface area contributed by atoms with Crippen molar-refractivity contribution in [2.45, 2.75) is 51.6 Å². The van der Waals surface area contributed by atoms with Gasteiger partial charge < -0.3 is 30.6 Å². The fourth-order valence-electron chi connectivity index (χ4n) is 3.03. The molecule has 0 saturated heterocycles. The van der Waals surface area contributed by atoms with E-state index in [9.17, 15) is 19.2 Å². The summed E-state index contributed by atoms with van der Waals surface area (Å²) in [7, 11) is 1.55. The van der Waals surface area contributed by atoms with E-state index in [4.69, 9.17) is 19.9 Å². The van der Waals surface area contributed by atoms with Crippen LogP contribution in [0.15, 0.2) is 23.8 Å². The Hall–Kier alpha value is -2.72. The summed E-state index contributed by atoms with van der Waals surface area (Å²) in [6.07, 6.45) is 7.14. The largest absolute Gasteiger partial charge is 0.447 e. The van der Waals surface area contributed by atoms with Crippen LogP contribution in [0.1, 0.15) is 39.5 Å². The fraction of sp³-hybridized carbons (Fsp3) is 0.636. The third-order valence-electron chi connectivity index (χ3n) is 4.60. The Morgan fingerprint density at radius 3 is 2.34 bits per heavy atom. The molecular formula is C22H35N3O7. The molecule has 0 fully saturated rings. The van der Waals surface area contributed by atoms with E-state index < -0.39 is 35.8 Å². The number of alkyl carbamates (subject to hydrolysis) is 1. The van der Waals surface area contributed by atoms with E-state index in [1.165, 1.54) is 0 Å². The number of amides is 3. The van der Waals surface area contributed by atoms with Crippen LogP contribution in [0.25, 0.3) is 0 Å². The number of ether oxygens (including phenoxy) is 3. The highest BCUT2D eigenvalue weighted by molar-refractivity contribution is 6.38. The van der Waals surface area contributed by atoms with Gasteiger partial charge in [-0.1, -0.05) is 32.1 Å². The van der Waals surface area contributed by atoms with Crippen molar-refractivity contribution in [1.29, 1.82) is 0 Å². The van der Waals surface area contributed by atoms with Gasteiger partial charge in [0.1, 0.15) is 18.7 Å². The number of nitrogens with two attached hydrogens (primary N) is 1. The van der Waals surface area contributed by atoms with Crippen molar-refractivity contribution < 1.29 is 33.4 Å². The molecule has 0 spiro atoms. The number of primary amides is 1. The number of Topliss-reactive ketones (excluding diaryl/α,β-unsaturated/α-hetero) is 1. The van der Waals surface area contributed by atoms with Crippen molar-refractivity contribution in [2.75, 3.05) is 33.5 Å². The maximum Gasteiger partial charge on any atom is 0.407 e. The zero-order chi connectivity index (χ0) is 23.9. The summed E-state index contributed by atoms with van der Waals surface area (Å²) in [6, 6.07) is -2.06. The Kier molecular flexibility index (Phi) is 12.9. The molecular weight excluding hydrogens is 418 g/mol. The van der Waals surface area contributed by atoms with Crippen LogP contribution in [0.4, 0.5) is 4.79 Å². The smallest absolute Gasteiger partial charge is 0.407 e. The number of allylic oxidation sites excluding steroid dienone is 3. The lowest BCUT2D eigenvalue weighted by atomic mass is 9.96. The summed E-state index contributed by atoms with van der Waals surface area (Å²) in [5, 5.41) is 5.09. The molecule has 1 aliphatic rings. The van der Waals surface area contributed by atoms with E-state index in [-0.39, 0.29) is 25.6 Å². The van der Waals surface area contributed by atoms with Gasteiger partial charge in [-0.15, -0.1) is 0 Å². The standard InChI is InChI=1S/C22H35N3O7/c1-15(2)13-18(25-22(29)32-12-11-31-10-9-30-3)21(28)24-17(19(26)20(23)27)14-16-7-5-4-6-8-16/h5,7-8,15,17-18H,4,6,9-14H2,1-3H3,(H2,23,27)(H,24,28)(H,25,29). The van der Waals surface area contributed by atoms with E-state index >= 15 is 0 Å². The van der Waals surface area contributed by atoms with Crippen molar-refractivity contribution in [3.05, 3.63) is 23.8 Å². The molecule has 1 aliphatic carbocycles. The molecule has 0 bridgehead atoms. The number of ketones is 1. The molecule has 3 amide bonds. The van der Waals surface area contributed by atoms with Gasteiger partial charge >= 0.3 is 6.09 Å². The number of carbonyl (C=O) groups is 4. The zero-order valence-corrected chi connectivity index (χ0v) is 19.1. The predicted molar refractivity (Wildman–Crippen MR) is 118 cm³/mol. The molecule has 1 rings (SSSR count). The van der Waals surface area contributed by atoms with E-state index in [1.807, 2.05) is 32.1 Å². The Balaban J connectivity index is 2.72. The molecule has 0 aliphatic heterocycles. The van der Waals surface area contributed by atoms with Gasteiger partial charge in [0.2, 0.25) is 11.7 Å². The highest BCUT2D eigenvalue weighted by Crippen LogP contribution is 2.16. The number of hydrogen-bond acceptors (Lipinski definition) is 7. The Labute approximate surface area is 188 Å². The van der Waals surface area contributed by atoms with Gasteiger partial charge in [0.15, 0.2) is 0 Å². The summed E-state index contributed by atoms with van der Waals surface area (Å²) in [6.45, 7) is 4.78. The minimum Gasteiger partial charge on any atom is -0.447 e. The Morgan fingerprint density at radius 2 is 1.75 bits per heavy atom. The van der Waals surface area contributed by atoms with Crippen LogP contribution >= 0.6 is 0 Å². The Bertz CT molecular complexity index is 704. The highest BCUT2D eigenvalue weighted by Gasteiger charge is 2.30. The van der Waals surface area contributed by atoms with Crippen molar-refractivity contribution in [3.63, 3.8) is 0 Å². The van der Waals surface area contributed by atoms with Gasteiger partial charge in [-0.05, 0) is 37.2 Å². The lowest BCUT2D eigenvalue weighted by Crippen LogP contribution is -2.54. The molecule has 180 valence electrons. The molecule has 4 N–H and O–H groups in total. The highest BCUT2D eigenvalue weighted by atomic mass is 16.6. The third kappa shape index (κ3) is 11.1. The molecule has 2 atom stereocenters. The van der Waals surface area contributed by atoms with Crippen LogP contribution in [0.5, 0.6) is 0 Å². The lowest BCUT2D eigenvalue weighted by molar-refractivity contribution is -0.138. The summed E-state index contributed by atoms with van der Waals surface area (Å²) in [4.78, 5) is 48.8. The quantitative estimate of drug-likeness (QED) is 0.248. The molecule has 10 nitrogen and oxygen atoms in total. The fourth-order valence-corrected chi connectivity index (χ4v) is 3.03. The second kappa shape index (κ2) is 15.1. The van der Waals surface area contributed by atoms with Gasteiger partial charge in [0.05, 0.1) is 19.8 Å². The van der Waals surface area contributed by atoms with E-state index in [1.54, 1.807) is 7.11 Å². The second-order valence-electron chi connectivity index (χ2n) is 7.82. The van der Waals surface area contributed by atoms with Crippen LogP contribution < -0.4 is 16.4 Å². The van der Waals surface area contributed by atoms with Gasteiger partial charge in [0, 0.05) is 7.11 Å². The zero-order valence-electron chi connectivity index (χ0n) is 19.1. The first-order valence-electron chi connectivity index (χ1n) is 10.7. The summed E-state index contributed by atoms with van der Waals surface area (Å²) >= 11 is 0. The lowest BCUT2D eigenvalue weighted by Gasteiger charge is -2.24. The van der Waals surface area contributed by atoms with E-state index in [0.29, 0.717) is 19.6 Å². The van der Waals surface area contributed by atoms with Crippen molar-refractivity contribution >= 4 is 23.7 Å². The molecule has 0 aromatic rings. The van der Waals surface area contributed by atoms with Crippen LogP contribution in [-0.4, -0.2) is 69.3 Å². The second-order valence-corrected chi connectivity index (χ2v) is 7.82. The first-order valence-corrected chi connectivity index (χ1v) is 10.7. The minimum atomic E-state index is -1.13. The van der Waals surface area contributed by atoms with Gasteiger partial charge in [-0.3, -0.25) is 14.4 Å². The molecule has 0 heterocycles. The number of methoxy groups -OCH3 is 1. The van der Waals surface area contributed by atoms with Crippen molar-refractivity contribution in [3.8, 4) is 0 Å². The summed E-state index contributed by atoms with van der Waals surface area (Å²) in [5.41, 5.74) is 6.00. The molecule has 0 aromatic heterocycles. The molecule has 32 heavy (non-hydrogen) atoms. The minimum absolute atomic E-state index is 0.00877. The number of rotatable bonds is 15. The maximum atomic E-state index is 12.9. The average molecular weight is 454 g/mol. The molecule has 0 radical (unpaired) electrons. The predicted octanol–water partition coefficient (Wildman–Crippen LogP) is 0.996. The monoisotopic (exact) mass is 453 g/mol. The first-order chi connectivity index (χ1) is 15.2. The third-order valence-corrected chi connectivity index (χ3v) is 4.60. The summed E-state index contributed by atoms with van der Waals surface area (Å²) < 4.78 is 15.1. The Morgan fingerprint density at radius 1 is 1.03 bits per heavy atom. The number of hydrogen-bond donors (Lipinski definition) is 3. The van der Waals surface area contributed by atoms with Crippen LogP contribution in [0.2, 0.25) is 0 Å². The SMILES string of the molecule is COCCOCCOC(=O)NC(CC(C)C)C(=O)NC(CC1=CCCC=C1)C(=O)C(N)=O. The van der Waals surface area contributed by atoms with E-state index in [2.05, 4.69) is 10.6 Å². The van der Waals surface area contributed by atoms with Crippen LogP contribution in [-0.2, 0) is 28.6 Å². The van der Waals surface area contributed by atoms with Crippen LogP contribution in [0.3, 0.4) is 0 Å². The summed E-state index contributed by atoms with van der Waals surface area (Å²) in [5.74, 6) is -2.54. The van der Waals surface area contributed by atoms with E-state index in [0.717, 1.165) is 18.4 Å². The van der Waals surface area contributed by atoms with Gasteiger partial charge in [-0.25, -0.2) is 4.79 Å². The number of nitrogens with one attached hydrogen (secondary N) is 2. The average Bonchev–Trinajstić information content (AvgIpc) is 2.75. The normalized spacial score (nSPS) is 14.9. The van der Waals surface area contributed by atoms with Gasteiger partial charge in [-0.2, -0.15) is 0 Å². The van der Waals surface area contributed by atoms with Crippen LogP contribution in [0, 0.1) is 5.92 Å². The molecule has 0 saturated carbocycles. The van der Waals surface area contributed by atoms with Gasteiger partial charge in [0.25, 0.3) is 5.91 Å². The topological polar surface area (TPSA) is 146 Å². The molecule has 10 heteroatoms. The molecule has 0 aromatic carbocycles. The number of carbonyl (C=O) groups excluding carboxylic acids is 4. The van der Waals surface area contributed by atoms with Crippen molar-refractivity contribution in [1.82, 2.24) is 10.6 Å².